The largest absolute Gasteiger partial charge is 0.369 e. The lowest BCUT2D eigenvalue weighted by molar-refractivity contribution is -0.121. The number of nitrogens with zero attached hydrogens (tertiary/aromatic N) is 1. The van der Waals surface area contributed by atoms with Crippen LogP contribution in [0.25, 0.3) is 0 Å². The van der Waals surface area contributed by atoms with Gasteiger partial charge in [-0.25, -0.2) is 12.7 Å². The zero-order valence-corrected chi connectivity index (χ0v) is 13.3. The Hall–Kier alpha value is -1.44. The zero-order valence-electron chi connectivity index (χ0n) is 12.5. The van der Waals surface area contributed by atoms with E-state index in [1.807, 2.05) is 30.3 Å². The number of amides is 1. The first kappa shape index (κ1) is 17.6. The number of hydrogen-bond donors (Lipinski definition) is 2. The third-order valence-corrected chi connectivity index (χ3v) is 5.25. The van der Waals surface area contributed by atoms with Gasteiger partial charge in [-0.15, -0.1) is 0 Å². The Balaban J connectivity index is 2.76. The number of carbonyl (C=O) groups is 1. The smallest absolute Gasteiger partial charge is 0.221 e. The molecule has 6 nitrogen and oxygen atoms in total. The van der Waals surface area contributed by atoms with Crippen molar-refractivity contribution < 1.29 is 13.2 Å². The van der Waals surface area contributed by atoms with Gasteiger partial charge in [-0.05, 0) is 19.0 Å². The molecule has 1 aromatic carbocycles. The van der Waals surface area contributed by atoms with Crippen LogP contribution in [0.4, 0.5) is 0 Å². The molecule has 21 heavy (non-hydrogen) atoms. The predicted octanol–water partition coefficient (Wildman–Crippen LogP) is -0.188. The number of rotatable bonds is 9. The molecule has 0 aliphatic heterocycles. The zero-order chi connectivity index (χ0) is 15.9. The standard InChI is InChI=1S/C14H23N3O3S/c1-16-8-9-17(2)21(19,20)11-13(14(15)18)10-12-6-4-3-5-7-12/h3-7,13,16H,8-11H2,1-2H3,(H2,15,18)/t13-/m1/s1. The summed E-state index contributed by atoms with van der Waals surface area (Å²) in [6, 6.07) is 9.27. The van der Waals surface area contributed by atoms with E-state index in [2.05, 4.69) is 5.32 Å². The molecule has 0 aromatic heterocycles. The summed E-state index contributed by atoms with van der Waals surface area (Å²) < 4.78 is 25.7. The summed E-state index contributed by atoms with van der Waals surface area (Å²) in [4.78, 5) is 11.5. The first-order valence-corrected chi connectivity index (χ1v) is 8.39. The lowest BCUT2D eigenvalue weighted by Crippen LogP contribution is -2.39. The van der Waals surface area contributed by atoms with E-state index in [9.17, 15) is 13.2 Å². The number of primary amides is 1. The molecule has 0 unspecified atom stereocenters. The number of nitrogens with one attached hydrogen (secondary N) is 1. The second-order valence-corrected chi connectivity index (χ2v) is 7.11. The normalized spacial score (nSPS) is 13.3. The van der Waals surface area contributed by atoms with Crippen molar-refractivity contribution in [3.8, 4) is 0 Å². The van der Waals surface area contributed by atoms with Crippen molar-refractivity contribution >= 4 is 15.9 Å². The van der Waals surface area contributed by atoms with E-state index >= 15 is 0 Å². The van der Waals surface area contributed by atoms with Crippen LogP contribution in [-0.4, -0.2) is 51.6 Å². The molecule has 0 spiro atoms. The van der Waals surface area contributed by atoms with E-state index in [1.54, 1.807) is 7.05 Å². The van der Waals surface area contributed by atoms with Crippen LogP contribution in [0.15, 0.2) is 30.3 Å². The highest BCUT2D eigenvalue weighted by atomic mass is 32.2. The maximum absolute atomic E-state index is 12.2. The third kappa shape index (κ3) is 5.82. The number of likely N-dealkylation sites (N-methyl/N-ethyl adjacent to an activating group) is 2. The molecule has 0 heterocycles. The number of nitrogens with two attached hydrogens (primary N) is 1. The monoisotopic (exact) mass is 313 g/mol. The Morgan fingerprint density at radius 2 is 1.95 bits per heavy atom. The van der Waals surface area contributed by atoms with Crippen molar-refractivity contribution in [2.24, 2.45) is 11.7 Å². The van der Waals surface area contributed by atoms with E-state index in [0.29, 0.717) is 19.5 Å². The Bertz CT molecular complexity index is 546. The van der Waals surface area contributed by atoms with Crippen LogP contribution in [0.1, 0.15) is 5.56 Å². The Morgan fingerprint density at radius 1 is 1.33 bits per heavy atom. The van der Waals surface area contributed by atoms with Crippen LogP contribution < -0.4 is 11.1 Å². The van der Waals surface area contributed by atoms with Crippen LogP contribution in [0.5, 0.6) is 0 Å². The molecule has 0 aliphatic rings. The molecule has 0 radical (unpaired) electrons. The lowest BCUT2D eigenvalue weighted by Gasteiger charge is -2.20. The molecule has 1 aromatic rings. The fourth-order valence-electron chi connectivity index (χ4n) is 1.93. The van der Waals surface area contributed by atoms with Gasteiger partial charge >= 0.3 is 0 Å². The summed E-state index contributed by atoms with van der Waals surface area (Å²) >= 11 is 0. The highest BCUT2D eigenvalue weighted by Gasteiger charge is 2.27. The average molecular weight is 313 g/mol. The van der Waals surface area contributed by atoms with Gasteiger partial charge in [-0.3, -0.25) is 4.79 Å². The highest BCUT2D eigenvalue weighted by molar-refractivity contribution is 7.89. The molecule has 1 amide bonds. The van der Waals surface area contributed by atoms with Gasteiger partial charge in [0.05, 0.1) is 11.7 Å². The fourth-order valence-corrected chi connectivity index (χ4v) is 3.34. The van der Waals surface area contributed by atoms with Crippen LogP contribution in [-0.2, 0) is 21.2 Å². The van der Waals surface area contributed by atoms with Gasteiger partial charge in [0, 0.05) is 20.1 Å². The van der Waals surface area contributed by atoms with Crippen molar-refractivity contribution in [2.75, 3.05) is 32.9 Å². The predicted molar refractivity (Wildman–Crippen MR) is 83.2 cm³/mol. The number of carbonyl (C=O) groups excluding carboxylic acids is 1. The minimum absolute atomic E-state index is 0.266. The van der Waals surface area contributed by atoms with E-state index in [-0.39, 0.29) is 5.75 Å². The molecule has 0 saturated carbocycles. The van der Waals surface area contributed by atoms with Gasteiger partial charge in [0.15, 0.2) is 0 Å². The summed E-state index contributed by atoms with van der Waals surface area (Å²) in [7, 11) is -0.245. The molecule has 0 aliphatic carbocycles. The molecule has 0 saturated heterocycles. The fraction of sp³-hybridized carbons (Fsp3) is 0.500. The molecule has 1 rings (SSSR count). The van der Waals surface area contributed by atoms with Crippen LogP contribution in [0.2, 0.25) is 0 Å². The number of hydrogen-bond acceptors (Lipinski definition) is 4. The summed E-state index contributed by atoms with van der Waals surface area (Å²) in [5.74, 6) is -1.59. The van der Waals surface area contributed by atoms with E-state index in [4.69, 9.17) is 5.73 Å². The summed E-state index contributed by atoms with van der Waals surface area (Å²) in [5.41, 5.74) is 6.26. The number of benzene rings is 1. The summed E-state index contributed by atoms with van der Waals surface area (Å²) in [5, 5.41) is 2.89. The highest BCUT2D eigenvalue weighted by Crippen LogP contribution is 2.13. The molecule has 118 valence electrons. The van der Waals surface area contributed by atoms with Crippen LogP contribution in [0.3, 0.4) is 0 Å². The maximum atomic E-state index is 12.2. The SMILES string of the molecule is CNCCN(C)S(=O)(=O)C[C@@H](Cc1ccccc1)C(N)=O. The molecule has 1 atom stereocenters. The molecule has 7 heteroatoms. The van der Waals surface area contributed by atoms with Gasteiger partial charge in [0.2, 0.25) is 15.9 Å². The first-order valence-electron chi connectivity index (χ1n) is 6.78. The third-order valence-electron chi connectivity index (χ3n) is 3.29. The second-order valence-electron chi connectivity index (χ2n) is 4.99. The van der Waals surface area contributed by atoms with Crippen molar-refractivity contribution in [3.63, 3.8) is 0 Å². The lowest BCUT2D eigenvalue weighted by atomic mass is 10.0. The average Bonchev–Trinajstić information content (AvgIpc) is 2.44. The molecule has 0 bridgehead atoms. The summed E-state index contributed by atoms with van der Waals surface area (Å²) in [6.45, 7) is 0.908. The Labute approximate surface area is 126 Å². The quantitative estimate of drug-likeness (QED) is 0.661. The van der Waals surface area contributed by atoms with Crippen molar-refractivity contribution in [1.29, 1.82) is 0 Å². The molecular formula is C14H23N3O3S. The Morgan fingerprint density at radius 3 is 2.48 bits per heavy atom. The van der Waals surface area contributed by atoms with Crippen LogP contribution >= 0.6 is 0 Å². The van der Waals surface area contributed by atoms with Gasteiger partial charge < -0.3 is 11.1 Å². The maximum Gasteiger partial charge on any atom is 0.221 e. The molecular weight excluding hydrogens is 290 g/mol. The van der Waals surface area contributed by atoms with Gasteiger partial charge in [-0.1, -0.05) is 30.3 Å². The van der Waals surface area contributed by atoms with Gasteiger partial charge in [0.1, 0.15) is 0 Å². The van der Waals surface area contributed by atoms with Crippen molar-refractivity contribution in [2.45, 2.75) is 6.42 Å². The van der Waals surface area contributed by atoms with E-state index in [0.717, 1.165) is 5.56 Å². The number of sulfonamides is 1. The molecule has 3 N–H and O–H groups in total. The van der Waals surface area contributed by atoms with E-state index in [1.165, 1.54) is 11.4 Å². The first-order chi connectivity index (χ1) is 9.86. The Kier molecular flexibility index (Phi) is 6.80. The second kappa shape index (κ2) is 8.11. The van der Waals surface area contributed by atoms with Gasteiger partial charge in [0.25, 0.3) is 0 Å². The summed E-state index contributed by atoms with van der Waals surface area (Å²) in [6.07, 6.45) is 0.329. The minimum Gasteiger partial charge on any atom is -0.369 e. The topological polar surface area (TPSA) is 92.5 Å². The van der Waals surface area contributed by atoms with Crippen LogP contribution in [0, 0.1) is 5.92 Å². The minimum atomic E-state index is -3.50. The van der Waals surface area contributed by atoms with Crippen molar-refractivity contribution in [1.82, 2.24) is 9.62 Å². The molecule has 0 fully saturated rings. The van der Waals surface area contributed by atoms with Gasteiger partial charge in [-0.2, -0.15) is 0 Å². The van der Waals surface area contributed by atoms with E-state index < -0.39 is 21.8 Å². The van der Waals surface area contributed by atoms with Crippen molar-refractivity contribution in [3.05, 3.63) is 35.9 Å².